The van der Waals surface area contributed by atoms with E-state index in [1.807, 2.05) is 30.3 Å². The van der Waals surface area contributed by atoms with Gasteiger partial charge in [-0.25, -0.2) is 5.10 Å². The number of hydrogen-bond acceptors (Lipinski definition) is 3. The molecule has 0 saturated heterocycles. The molecule has 0 saturated carbocycles. The molecule has 0 bridgehead atoms. The molecule has 14 heavy (non-hydrogen) atoms. The molecular weight excluding hydrogens is 178 g/mol. The summed E-state index contributed by atoms with van der Waals surface area (Å²) >= 11 is 0. The van der Waals surface area contributed by atoms with Crippen molar-refractivity contribution in [2.75, 3.05) is 5.73 Å². The van der Waals surface area contributed by atoms with Crippen molar-refractivity contribution in [2.45, 2.75) is 0 Å². The lowest BCUT2D eigenvalue weighted by molar-refractivity contribution is 1.000. The van der Waals surface area contributed by atoms with Gasteiger partial charge in [-0.2, -0.15) is 5.10 Å². The molecule has 0 aliphatic carbocycles. The standard InChI is InChI=1S/C10H9N3O/c11-8-6-9(12-13-10(8)14)7-4-2-1-3-5-7/h1-6H,(H2,11,12)(H,13,14). The molecule has 0 amide bonds. The van der Waals surface area contributed by atoms with Gasteiger partial charge < -0.3 is 5.73 Å². The Balaban J connectivity index is 2.54. The van der Waals surface area contributed by atoms with Crippen molar-refractivity contribution in [3.05, 3.63) is 46.8 Å². The Morgan fingerprint density at radius 1 is 1.21 bits per heavy atom. The highest BCUT2D eigenvalue weighted by Crippen LogP contribution is 2.15. The third kappa shape index (κ3) is 1.50. The number of nitrogen functional groups attached to an aromatic ring is 1. The number of benzene rings is 1. The van der Waals surface area contributed by atoms with Gasteiger partial charge in [-0.3, -0.25) is 4.79 Å². The maximum atomic E-state index is 11.0. The zero-order chi connectivity index (χ0) is 9.97. The lowest BCUT2D eigenvalue weighted by atomic mass is 10.1. The van der Waals surface area contributed by atoms with Crippen LogP contribution in [0.3, 0.4) is 0 Å². The molecule has 0 fully saturated rings. The van der Waals surface area contributed by atoms with Gasteiger partial charge in [0.05, 0.1) is 5.69 Å². The molecule has 0 aliphatic heterocycles. The van der Waals surface area contributed by atoms with Crippen LogP contribution in [0, 0.1) is 0 Å². The van der Waals surface area contributed by atoms with E-state index in [1.54, 1.807) is 6.07 Å². The first-order chi connectivity index (χ1) is 6.77. The van der Waals surface area contributed by atoms with Crippen molar-refractivity contribution in [2.24, 2.45) is 0 Å². The molecule has 2 rings (SSSR count). The van der Waals surface area contributed by atoms with Crippen LogP contribution in [-0.2, 0) is 0 Å². The van der Waals surface area contributed by atoms with Crippen LogP contribution in [0.5, 0.6) is 0 Å². The molecule has 4 nitrogen and oxygen atoms in total. The van der Waals surface area contributed by atoms with Gasteiger partial charge in [-0.05, 0) is 6.07 Å². The Morgan fingerprint density at radius 3 is 2.57 bits per heavy atom. The summed E-state index contributed by atoms with van der Waals surface area (Å²) in [6.07, 6.45) is 0. The van der Waals surface area contributed by atoms with Crippen molar-refractivity contribution < 1.29 is 0 Å². The van der Waals surface area contributed by atoms with Crippen LogP contribution < -0.4 is 11.3 Å². The quantitative estimate of drug-likeness (QED) is 0.700. The summed E-state index contributed by atoms with van der Waals surface area (Å²) in [5.41, 5.74) is 6.89. The molecule has 0 radical (unpaired) electrons. The predicted octanol–water partition coefficient (Wildman–Crippen LogP) is 1.02. The summed E-state index contributed by atoms with van der Waals surface area (Å²) in [7, 11) is 0. The average Bonchev–Trinajstić information content (AvgIpc) is 2.23. The smallest absolute Gasteiger partial charge is 0.287 e. The fraction of sp³-hybridized carbons (Fsp3) is 0. The molecule has 1 aromatic carbocycles. The Labute approximate surface area is 80.4 Å². The van der Waals surface area contributed by atoms with E-state index in [1.165, 1.54) is 0 Å². The molecule has 0 unspecified atom stereocenters. The molecule has 0 atom stereocenters. The number of nitrogens with zero attached hydrogens (tertiary/aromatic N) is 1. The lowest BCUT2D eigenvalue weighted by Gasteiger charge is -1.99. The minimum Gasteiger partial charge on any atom is -0.394 e. The van der Waals surface area contributed by atoms with E-state index in [2.05, 4.69) is 10.2 Å². The number of nitrogens with two attached hydrogens (primary N) is 1. The first-order valence-electron chi connectivity index (χ1n) is 4.18. The van der Waals surface area contributed by atoms with E-state index in [9.17, 15) is 4.79 Å². The first kappa shape index (κ1) is 8.50. The Kier molecular flexibility index (Phi) is 2.02. The Bertz CT molecular complexity index is 490. The zero-order valence-corrected chi connectivity index (χ0v) is 7.40. The second-order valence-electron chi connectivity index (χ2n) is 2.90. The Morgan fingerprint density at radius 2 is 1.93 bits per heavy atom. The summed E-state index contributed by atoms with van der Waals surface area (Å²) in [6, 6.07) is 11.1. The normalized spacial score (nSPS) is 10.0. The Hall–Kier alpha value is -2.10. The molecule has 0 aliphatic rings. The number of aromatic amines is 1. The fourth-order valence-electron chi connectivity index (χ4n) is 1.18. The summed E-state index contributed by atoms with van der Waals surface area (Å²) in [5, 5.41) is 6.23. The van der Waals surface area contributed by atoms with Crippen LogP contribution in [0.4, 0.5) is 5.69 Å². The van der Waals surface area contributed by atoms with Crippen molar-refractivity contribution in [3.8, 4) is 11.3 Å². The van der Waals surface area contributed by atoms with Gasteiger partial charge in [0.25, 0.3) is 5.56 Å². The topological polar surface area (TPSA) is 71.8 Å². The lowest BCUT2D eigenvalue weighted by Crippen LogP contribution is -2.13. The van der Waals surface area contributed by atoms with E-state index in [0.29, 0.717) is 5.69 Å². The molecule has 2 aromatic rings. The van der Waals surface area contributed by atoms with Gasteiger partial charge in [0.2, 0.25) is 0 Å². The SMILES string of the molecule is Nc1cc(-c2ccccc2)n[nH]c1=O. The van der Waals surface area contributed by atoms with Gasteiger partial charge in [0.1, 0.15) is 5.69 Å². The van der Waals surface area contributed by atoms with E-state index in [4.69, 9.17) is 5.73 Å². The van der Waals surface area contributed by atoms with Crippen molar-refractivity contribution >= 4 is 5.69 Å². The highest BCUT2D eigenvalue weighted by Gasteiger charge is 2.00. The molecule has 0 spiro atoms. The molecule has 3 N–H and O–H groups in total. The van der Waals surface area contributed by atoms with E-state index in [-0.39, 0.29) is 11.2 Å². The van der Waals surface area contributed by atoms with E-state index in [0.717, 1.165) is 5.56 Å². The second-order valence-corrected chi connectivity index (χ2v) is 2.90. The first-order valence-corrected chi connectivity index (χ1v) is 4.18. The molecule has 1 aromatic heterocycles. The third-order valence-corrected chi connectivity index (χ3v) is 1.90. The number of nitrogens with one attached hydrogen (secondary N) is 1. The number of hydrogen-bond donors (Lipinski definition) is 2. The van der Waals surface area contributed by atoms with Crippen LogP contribution in [0.1, 0.15) is 0 Å². The van der Waals surface area contributed by atoms with Crippen LogP contribution >= 0.6 is 0 Å². The molecular formula is C10H9N3O. The van der Waals surface area contributed by atoms with Crippen molar-refractivity contribution in [3.63, 3.8) is 0 Å². The number of aromatic nitrogens is 2. The van der Waals surface area contributed by atoms with Crippen LogP contribution in [0.15, 0.2) is 41.2 Å². The van der Waals surface area contributed by atoms with Gasteiger partial charge in [0, 0.05) is 5.56 Å². The van der Waals surface area contributed by atoms with Gasteiger partial charge >= 0.3 is 0 Å². The molecule has 70 valence electrons. The van der Waals surface area contributed by atoms with Gasteiger partial charge in [0.15, 0.2) is 0 Å². The number of rotatable bonds is 1. The third-order valence-electron chi connectivity index (χ3n) is 1.90. The number of anilines is 1. The fourth-order valence-corrected chi connectivity index (χ4v) is 1.18. The molecule has 4 heteroatoms. The number of H-pyrrole nitrogens is 1. The summed E-state index contributed by atoms with van der Waals surface area (Å²) in [5.74, 6) is 0. The molecule has 1 heterocycles. The zero-order valence-electron chi connectivity index (χ0n) is 7.40. The van der Waals surface area contributed by atoms with Gasteiger partial charge in [-0.15, -0.1) is 0 Å². The summed E-state index contributed by atoms with van der Waals surface area (Å²) in [6.45, 7) is 0. The second kappa shape index (κ2) is 3.33. The minimum absolute atomic E-state index is 0.179. The summed E-state index contributed by atoms with van der Waals surface area (Å²) < 4.78 is 0. The highest BCUT2D eigenvalue weighted by atomic mass is 16.1. The van der Waals surface area contributed by atoms with Crippen LogP contribution in [-0.4, -0.2) is 10.2 Å². The highest BCUT2D eigenvalue weighted by molar-refractivity contribution is 5.61. The van der Waals surface area contributed by atoms with Crippen molar-refractivity contribution in [1.29, 1.82) is 0 Å². The van der Waals surface area contributed by atoms with E-state index >= 15 is 0 Å². The van der Waals surface area contributed by atoms with Crippen LogP contribution in [0.2, 0.25) is 0 Å². The maximum absolute atomic E-state index is 11.0. The summed E-state index contributed by atoms with van der Waals surface area (Å²) in [4.78, 5) is 11.0. The average molecular weight is 187 g/mol. The van der Waals surface area contributed by atoms with Crippen LogP contribution in [0.25, 0.3) is 11.3 Å². The van der Waals surface area contributed by atoms with E-state index < -0.39 is 0 Å². The van der Waals surface area contributed by atoms with Crippen molar-refractivity contribution in [1.82, 2.24) is 10.2 Å². The largest absolute Gasteiger partial charge is 0.394 e. The maximum Gasteiger partial charge on any atom is 0.287 e. The minimum atomic E-state index is -0.357. The monoisotopic (exact) mass is 187 g/mol. The van der Waals surface area contributed by atoms with Gasteiger partial charge in [-0.1, -0.05) is 30.3 Å². The predicted molar refractivity (Wildman–Crippen MR) is 54.7 cm³/mol.